The number of ether oxygens (including phenoxy) is 1. The van der Waals surface area contributed by atoms with E-state index in [0.717, 1.165) is 11.3 Å². The highest BCUT2D eigenvalue weighted by molar-refractivity contribution is 5.99. The summed E-state index contributed by atoms with van der Waals surface area (Å²) in [6.07, 6.45) is 2.03. The van der Waals surface area contributed by atoms with Gasteiger partial charge in [0.2, 0.25) is 0 Å². The minimum Gasteiger partial charge on any atom is -0.497 e. The molecule has 0 saturated heterocycles. The molecule has 2 fully saturated rings. The molecule has 2 saturated carbocycles. The van der Waals surface area contributed by atoms with E-state index in [1.165, 1.54) is 0 Å². The summed E-state index contributed by atoms with van der Waals surface area (Å²) in [6.45, 7) is 1.93. The van der Waals surface area contributed by atoms with Gasteiger partial charge in [-0.1, -0.05) is 19.1 Å². The fourth-order valence-corrected chi connectivity index (χ4v) is 4.30. The zero-order valence-electron chi connectivity index (χ0n) is 12.3. The molecule has 0 bridgehead atoms. The molecule has 0 aromatic heterocycles. The maximum absolute atomic E-state index is 12.7. The van der Waals surface area contributed by atoms with Gasteiger partial charge < -0.3 is 9.84 Å². The first-order valence-electron chi connectivity index (χ1n) is 7.44. The van der Waals surface area contributed by atoms with E-state index >= 15 is 0 Å². The van der Waals surface area contributed by atoms with Gasteiger partial charge in [0, 0.05) is 11.3 Å². The molecule has 21 heavy (non-hydrogen) atoms. The summed E-state index contributed by atoms with van der Waals surface area (Å²) in [5.74, 6) is -0.311. The average Bonchev–Trinajstić information content (AvgIpc) is 3.06. The van der Waals surface area contributed by atoms with Crippen LogP contribution in [0, 0.1) is 23.2 Å². The second-order valence-corrected chi connectivity index (χ2v) is 6.17. The van der Waals surface area contributed by atoms with Crippen molar-refractivity contribution >= 4 is 11.8 Å². The van der Waals surface area contributed by atoms with Gasteiger partial charge in [-0.05, 0) is 42.9 Å². The number of carboxylic acid groups (broad SMARTS) is 1. The first-order valence-corrected chi connectivity index (χ1v) is 7.44. The van der Waals surface area contributed by atoms with Crippen LogP contribution in [0.3, 0.4) is 0 Å². The fraction of sp³-hybridized carbons (Fsp3) is 0.529. The average molecular weight is 288 g/mol. The first-order chi connectivity index (χ1) is 10.0. The molecule has 0 radical (unpaired) electrons. The van der Waals surface area contributed by atoms with Crippen LogP contribution in [-0.2, 0) is 16.0 Å². The molecule has 1 N–H and O–H groups in total. The van der Waals surface area contributed by atoms with Gasteiger partial charge in [-0.25, -0.2) is 0 Å². The summed E-state index contributed by atoms with van der Waals surface area (Å²) in [5.41, 5.74) is 0.502. The normalized spacial score (nSPS) is 33.6. The molecule has 4 nitrogen and oxygen atoms in total. The Balaban J connectivity index is 1.76. The van der Waals surface area contributed by atoms with Gasteiger partial charge in [-0.2, -0.15) is 0 Å². The van der Waals surface area contributed by atoms with Gasteiger partial charge >= 0.3 is 5.97 Å². The van der Waals surface area contributed by atoms with Crippen molar-refractivity contribution in [2.75, 3.05) is 7.11 Å². The van der Waals surface area contributed by atoms with Crippen LogP contribution in [0.25, 0.3) is 0 Å². The fourth-order valence-electron chi connectivity index (χ4n) is 4.30. The van der Waals surface area contributed by atoms with E-state index in [1.807, 2.05) is 31.2 Å². The van der Waals surface area contributed by atoms with Crippen molar-refractivity contribution in [1.29, 1.82) is 0 Å². The molecule has 3 rings (SSSR count). The number of carbonyl (C=O) groups excluding carboxylic acids is 1. The van der Waals surface area contributed by atoms with Crippen molar-refractivity contribution in [1.82, 2.24) is 0 Å². The Bertz CT molecular complexity index is 594. The number of ketones is 1. The smallest absolute Gasteiger partial charge is 0.307 e. The standard InChI is InChI=1S/C17H20O4/c1-3-17-13(14(17)16(19)20)9-11(15(17)18)7-10-5-4-6-12(8-10)21-2/h4-6,8,11,13-14H,3,7,9H2,1-2H3,(H,19,20). The van der Waals surface area contributed by atoms with Crippen LogP contribution < -0.4 is 4.74 Å². The number of rotatable bonds is 5. The molecule has 112 valence electrons. The van der Waals surface area contributed by atoms with E-state index in [-0.39, 0.29) is 17.6 Å². The predicted octanol–water partition coefficient (Wildman–Crippen LogP) is 2.55. The number of hydrogen-bond donors (Lipinski definition) is 1. The highest BCUT2D eigenvalue weighted by Gasteiger charge is 2.75. The van der Waals surface area contributed by atoms with Crippen LogP contribution >= 0.6 is 0 Å². The van der Waals surface area contributed by atoms with Gasteiger partial charge in [0.05, 0.1) is 13.0 Å². The van der Waals surface area contributed by atoms with Crippen LogP contribution in [0.4, 0.5) is 0 Å². The predicted molar refractivity (Wildman–Crippen MR) is 77.2 cm³/mol. The molecule has 1 aromatic rings. The maximum atomic E-state index is 12.7. The van der Waals surface area contributed by atoms with E-state index in [2.05, 4.69) is 0 Å². The molecule has 1 aromatic carbocycles. The SMILES string of the molecule is CCC12C(=O)C(Cc3cccc(OC)c3)CC1C2C(=O)O. The van der Waals surface area contributed by atoms with Crippen molar-refractivity contribution in [2.24, 2.45) is 23.2 Å². The highest BCUT2D eigenvalue weighted by Crippen LogP contribution is 2.69. The minimum atomic E-state index is -0.810. The van der Waals surface area contributed by atoms with Gasteiger partial charge in [-0.3, -0.25) is 9.59 Å². The molecule has 0 spiro atoms. The van der Waals surface area contributed by atoms with Crippen molar-refractivity contribution in [2.45, 2.75) is 26.2 Å². The van der Waals surface area contributed by atoms with Crippen LogP contribution in [0.2, 0.25) is 0 Å². The Hall–Kier alpha value is -1.84. The van der Waals surface area contributed by atoms with E-state index < -0.39 is 17.3 Å². The van der Waals surface area contributed by atoms with E-state index in [9.17, 15) is 14.7 Å². The van der Waals surface area contributed by atoms with Crippen molar-refractivity contribution in [3.8, 4) is 5.75 Å². The Morgan fingerprint density at radius 3 is 2.81 bits per heavy atom. The van der Waals surface area contributed by atoms with Crippen molar-refractivity contribution < 1.29 is 19.4 Å². The number of carboxylic acids is 1. The van der Waals surface area contributed by atoms with Gasteiger partial charge in [0.25, 0.3) is 0 Å². The number of methoxy groups -OCH3 is 1. The second kappa shape index (κ2) is 4.86. The number of Topliss-reactive ketones (excluding diaryl/α,β-unsaturated/α-hetero) is 1. The lowest BCUT2D eigenvalue weighted by Crippen LogP contribution is -2.26. The molecule has 4 atom stereocenters. The molecule has 2 aliphatic carbocycles. The van der Waals surface area contributed by atoms with Crippen LogP contribution in [0.5, 0.6) is 5.75 Å². The zero-order valence-corrected chi connectivity index (χ0v) is 12.3. The van der Waals surface area contributed by atoms with E-state index in [0.29, 0.717) is 19.3 Å². The Labute approximate surface area is 124 Å². The van der Waals surface area contributed by atoms with Crippen LogP contribution in [0.15, 0.2) is 24.3 Å². The molecule has 0 amide bonds. The minimum absolute atomic E-state index is 0.0438. The topological polar surface area (TPSA) is 63.6 Å². The number of carbonyl (C=O) groups is 2. The van der Waals surface area contributed by atoms with E-state index in [1.54, 1.807) is 7.11 Å². The molecular weight excluding hydrogens is 268 g/mol. The van der Waals surface area contributed by atoms with Gasteiger partial charge in [0.1, 0.15) is 11.5 Å². The molecule has 4 unspecified atom stereocenters. The maximum Gasteiger partial charge on any atom is 0.307 e. The van der Waals surface area contributed by atoms with Crippen molar-refractivity contribution in [3.05, 3.63) is 29.8 Å². The number of aliphatic carboxylic acids is 1. The second-order valence-electron chi connectivity index (χ2n) is 6.17. The lowest BCUT2D eigenvalue weighted by molar-refractivity contribution is -0.142. The van der Waals surface area contributed by atoms with Crippen LogP contribution in [-0.4, -0.2) is 24.0 Å². The summed E-state index contributed by atoms with van der Waals surface area (Å²) in [5, 5.41) is 9.25. The molecule has 4 heteroatoms. The van der Waals surface area contributed by atoms with Crippen LogP contribution in [0.1, 0.15) is 25.3 Å². The van der Waals surface area contributed by atoms with Crippen molar-refractivity contribution in [3.63, 3.8) is 0 Å². The molecular formula is C17H20O4. The lowest BCUT2D eigenvalue weighted by atomic mass is 9.86. The Morgan fingerprint density at radius 2 is 2.24 bits per heavy atom. The first kappa shape index (κ1) is 14.1. The Morgan fingerprint density at radius 1 is 1.48 bits per heavy atom. The highest BCUT2D eigenvalue weighted by atomic mass is 16.5. The number of benzene rings is 1. The molecule has 2 aliphatic rings. The third kappa shape index (κ3) is 1.96. The summed E-state index contributed by atoms with van der Waals surface area (Å²) in [4.78, 5) is 23.9. The third-order valence-electron chi connectivity index (χ3n) is 5.35. The lowest BCUT2D eigenvalue weighted by Gasteiger charge is -2.17. The zero-order chi connectivity index (χ0) is 15.2. The molecule has 0 aliphatic heterocycles. The van der Waals surface area contributed by atoms with Gasteiger partial charge in [0.15, 0.2) is 0 Å². The summed E-state index contributed by atoms with van der Waals surface area (Å²) < 4.78 is 5.20. The summed E-state index contributed by atoms with van der Waals surface area (Å²) in [7, 11) is 1.62. The third-order valence-corrected chi connectivity index (χ3v) is 5.35. The largest absolute Gasteiger partial charge is 0.497 e. The summed E-state index contributed by atoms with van der Waals surface area (Å²) >= 11 is 0. The number of fused-ring (bicyclic) bond motifs is 1. The van der Waals surface area contributed by atoms with Gasteiger partial charge in [-0.15, -0.1) is 0 Å². The summed E-state index contributed by atoms with van der Waals surface area (Å²) in [6, 6.07) is 7.74. The number of hydrogen-bond acceptors (Lipinski definition) is 3. The quantitative estimate of drug-likeness (QED) is 0.904. The monoisotopic (exact) mass is 288 g/mol. The molecule has 0 heterocycles. The Kier molecular flexibility index (Phi) is 3.27. The van der Waals surface area contributed by atoms with E-state index in [4.69, 9.17) is 4.74 Å².